The number of methoxy groups -OCH3 is 1. The second-order valence-electron chi connectivity index (χ2n) is 3.83. The molecule has 1 N–H and O–H groups in total. The number of hydrogen-bond acceptors (Lipinski definition) is 3. The third-order valence-corrected chi connectivity index (χ3v) is 2.24. The monoisotopic (exact) mass is 223 g/mol. The lowest BCUT2D eigenvalue weighted by atomic mass is 10.3. The molecule has 0 aliphatic rings. The summed E-state index contributed by atoms with van der Waals surface area (Å²) in [6, 6.07) is 10.3. The van der Waals surface area contributed by atoms with Gasteiger partial charge < -0.3 is 14.8 Å². The van der Waals surface area contributed by atoms with Gasteiger partial charge in [0.25, 0.3) is 0 Å². The Kier molecular flexibility index (Phi) is 6.61. The van der Waals surface area contributed by atoms with E-state index in [1.165, 1.54) is 0 Å². The molecule has 0 amide bonds. The third kappa shape index (κ3) is 5.73. The Morgan fingerprint density at radius 2 is 2.00 bits per heavy atom. The second-order valence-corrected chi connectivity index (χ2v) is 3.83. The van der Waals surface area contributed by atoms with Crippen LogP contribution in [0.5, 0.6) is 5.75 Å². The van der Waals surface area contributed by atoms with Crippen molar-refractivity contribution in [2.24, 2.45) is 0 Å². The Labute approximate surface area is 97.8 Å². The van der Waals surface area contributed by atoms with E-state index in [0.717, 1.165) is 31.9 Å². The van der Waals surface area contributed by atoms with Gasteiger partial charge in [-0.1, -0.05) is 18.2 Å². The number of para-hydroxylation sites is 1. The maximum absolute atomic E-state index is 5.58. The fourth-order valence-electron chi connectivity index (χ4n) is 1.44. The molecule has 0 spiro atoms. The maximum Gasteiger partial charge on any atom is 0.119 e. The number of ether oxygens (including phenoxy) is 2. The molecule has 1 aromatic carbocycles. The minimum absolute atomic E-state index is 0.404. The van der Waals surface area contributed by atoms with Crippen LogP contribution in [0.15, 0.2) is 30.3 Å². The summed E-state index contributed by atoms with van der Waals surface area (Å²) < 4.78 is 10.6. The highest BCUT2D eigenvalue weighted by atomic mass is 16.5. The molecule has 16 heavy (non-hydrogen) atoms. The zero-order chi connectivity index (χ0) is 11.6. The molecule has 3 heteroatoms. The molecule has 0 radical (unpaired) electrons. The first-order valence-electron chi connectivity index (χ1n) is 5.73. The van der Waals surface area contributed by atoms with Crippen LogP contribution >= 0.6 is 0 Å². The molecule has 90 valence electrons. The van der Waals surface area contributed by atoms with Gasteiger partial charge in [-0.25, -0.2) is 0 Å². The van der Waals surface area contributed by atoms with Crippen LogP contribution in [0.1, 0.15) is 13.3 Å². The topological polar surface area (TPSA) is 30.5 Å². The number of nitrogens with one attached hydrogen (secondary N) is 1. The van der Waals surface area contributed by atoms with Gasteiger partial charge in [-0.2, -0.15) is 0 Å². The van der Waals surface area contributed by atoms with Crippen molar-refractivity contribution in [3.05, 3.63) is 30.3 Å². The van der Waals surface area contributed by atoms with Crippen molar-refractivity contribution >= 4 is 0 Å². The van der Waals surface area contributed by atoms with E-state index in [-0.39, 0.29) is 0 Å². The molecule has 0 bridgehead atoms. The van der Waals surface area contributed by atoms with Crippen LogP contribution in [0.25, 0.3) is 0 Å². The average Bonchev–Trinajstić information content (AvgIpc) is 2.30. The van der Waals surface area contributed by atoms with Gasteiger partial charge in [-0.05, 0) is 32.0 Å². The van der Waals surface area contributed by atoms with Gasteiger partial charge in [0, 0.05) is 13.2 Å². The first-order valence-corrected chi connectivity index (χ1v) is 5.73. The molecule has 1 aromatic rings. The summed E-state index contributed by atoms with van der Waals surface area (Å²) in [5.41, 5.74) is 0. The first kappa shape index (κ1) is 13.0. The largest absolute Gasteiger partial charge is 0.494 e. The summed E-state index contributed by atoms with van der Waals surface area (Å²) >= 11 is 0. The van der Waals surface area contributed by atoms with Crippen molar-refractivity contribution in [2.75, 3.05) is 26.9 Å². The van der Waals surface area contributed by atoms with Gasteiger partial charge in [0.1, 0.15) is 5.75 Å². The molecule has 0 saturated heterocycles. The molecule has 0 heterocycles. The van der Waals surface area contributed by atoms with Crippen molar-refractivity contribution in [1.29, 1.82) is 0 Å². The third-order valence-electron chi connectivity index (χ3n) is 2.24. The van der Waals surface area contributed by atoms with E-state index in [1.807, 2.05) is 30.3 Å². The van der Waals surface area contributed by atoms with Crippen molar-refractivity contribution in [3.8, 4) is 5.75 Å². The summed E-state index contributed by atoms with van der Waals surface area (Å²) in [4.78, 5) is 0. The fourth-order valence-corrected chi connectivity index (χ4v) is 1.44. The molecule has 3 nitrogen and oxygen atoms in total. The highest BCUT2D eigenvalue weighted by Crippen LogP contribution is 2.07. The van der Waals surface area contributed by atoms with Gasteiger partial charge in [0.15, 0.2) is 0 Å². The van der Waals surface area contributed by atoms with Gasteiger partial charge in [-0.15, -0.1) is 0 Å². The summed E-state index contributed by atoms with van der Waals surface area (Å²) in [7, 11) is 1.72. The lowest BCUT2D eigenvalue weighted by Crippen LogP contribution is -2.31. The summed E-state index contributed by atoms with van der Waals surface area (Å²) in [6.07, 6.45) is 1.00. The van der Waals surface area contributed by atoms with E-state index >= 15 is 0 Å². The van der Waals surface area contributed by atoms with Gasteiger partial charge in [-0.3, -0.25) is 0 Å². The van der Waals surface area contributed by atoms with Crippen molar-refractivity contribution in [1.82, 2.24) is 5.32 Å². The van der Waals surface area contributed by atoms with E-state index in [4.69, 9.17) is 9.47 Å². The Balaban J connectivity index is 2.00. The van der Waals surface area contributed by atoms with Crippen molar-refractivity contribution in [2.45, 2.75) is 19.4 Å². The van der Waals surface area contributed by atoms with Crippen LogP contribution in [-0.2, 0) is 4.74 Å². The van der Waals surface area contributed by atoms with E-state index < -0.39 is 0 Å². The fraction of sp³-hybridized carbons (Fsp3) is 0.538. The molecule has 1 rings (SSSR count). The molecule has 0 fully saturated rings. The Morgan fingerprint density at radius 1 is 1.25 bits per heavy atom. The average molecular weight is 223 g/mol. The van der Waals surface area contributed by atoms with E-state index in [2.05, 4.69) is 12.2 Å². The highest BCUT2D eigenvalue weighted by Gasteiger charge is 1.98. The van der Waals surface area contributed by atoms with Crippen LogP contribution in [-0.4, -0.2) is 32.9 Å². The first-order chi connectivity index (χ1) is 7.83. The maximum atomic E-state index is 5.58. The SMILES string of the molecule is COCC(C)NCCCOc1ccccc1. The quantitative estimate of drug-likeness (QED) is 0.684. The predicted molar refractivity (Wildman–Crippen MR) is 65.9 cm³/mol. The van der Waals surface area contributed by atoms with Gasteiger partial charge in [0.2, 0.25) is 0 Å². The molecular weight excluding hydrogens is 202 g/mol. The smallest absolute Gasteiger partial charge is 0.119 e. The number of rotatable bonds is 8. The van der Waals surface area contributed by atoms with Gasteiger partial charge >= 0.3 is 0 Å². The molecule has 0 saturated carbocycles. The zero-order valence-electron chi connectivity index (χ0n) is 10.1. The van der Waals surface area contributed by atoms with Crippen molar-refractivity contribution < 1.29 is 9.47 Å². The Morgan fingerprint density at radius 3 is 2.69 bits per heavy atom. The molecule has 0 aromatic heterocycles. The lowest BCUT2D eigenvalue weighted by Gasteiger charge is -2.12. The van der Waals surface area contributed by atoms with Gasteiger partial charge in [0.05, 0.1) is 13.2 Å². The standard InChI is InChI=1S/C13H21NO2/c1-12(11-15-2)14-9-6-10-16-13-7-4-3-5-8-13/h3-5,7-8,12,14H,6,9-11H2,1-2H3. The molecule has 0 aliphatic carbocycles. The van der Waals surface area contributed by atoms with Crippen molar-refractivity contribution in [3.63, 3.8) is 0 Å². The van der Waals surface area contributed by atoms with Crippen LogP contribution in [0.2, 0.25) is 0 Å². The number of benzene rings is 1. The minimum atomic E-state index is 0.404. The Bertz CT molecular complexity index is 264. The predicted octanol–water partition coefficient (Wildman–Crippen LogP) is 2.08. The highest BCUT2D eigenvalue weighted by molar-refractivity contribution is 5.20. The summed E-state index contributed by atoms with van der Waals surface area (Å²) in [5, 5.41) is 3.36. The second kappa shape index (κ2) is 8.13. The Hall–Kier alpha value is -1.06. The van der Waals surface area contributed by atoms with E-state index in [0.29, 0.717) is 6.04 Å². The van der Waals surface area contributed by atoms with Crippen LogP contribution < -0.4 is 10.1 Å². The molecule has 1 unspecified atom stereocenters. The molecular formula is C13H21NO2. The molecule has 1 atom stereocenters. The van der Waals surface area contributed by atoms with Crippen LogP contribution in [0, 0.1) is 0 Å². The normalized spacial score (nSPS) is 12.4. The molecule has 0 aliphatic heterocycles. The minimum Gasteiger partial charge on any atom is -0.494 e. The van der Waals surface area contributed by atoms with Crippen LogP contribution in [0.4, 0.5) is 0 Å². The van der Waals surface area contributed by atoms with Crippen LogP contribution in [0.3, 0.4) is 0 Å². The van der Waals surface area contributed by atoms with E-state index in [9.17, 15) is 0 Å². The number of hydrogen-bond donors (Lipinski definition) is 1. The zero-order valence-corrected chi connectivity index (χ0v) is 10.1. The summed E-state index contributed by atoms with van der Waals surface area (Å²) in [5.74, 6) is 0.937. The van der Waals surface area contributed by atoms with E-state index in [1.54, 1.807) is 7.11 Å². The summed E-state index contributed by atoms with van der Waals surface area (Å²) in [6.45, 7) is 4.56. The lowest BCUT2D eigenvalue weighted by molar-refractivity contribution is 0.171.